The van der Waals surface area contributed by atoms with E-state index in [-0.39, 0.29) is 6.40 Å². The molecule has 1 aromatic heterocycles. The molecule has 0 saturated carbocycles. The first kappa shape index (κ1) is 4.88. The molecule has 10 heavy (non-hydrogen) atoms. The normalized spacial score (nSPS) is 26.8. The van der Waals surface area contributed by atoms with Crippen molar-refractivity contribution in [3.8, 4) is 0 Å². The zero-order valence-electron chi connectivity index (χ0n) is 6.82. The Hall–Kier alpha value is -0.860. The van der Waals surface area contributed by atoms with Crippen LogP contribution in [0.3, 0.4) is 0 Å². The van der Waals surface area contributed by atoms with E-state index in [1.165, 1.54) is 0 Å². The average molecular weight is 138 g/mol. The van der Waals surface area contributed by atoms with Gasteiger partial charge in [-0.3, -0.25) is 4.68 Å². The molecule has 1 aromatic rings. The van der Waals surface area contributed by atoms with Gasteiger partial charge in [0, 0.05) is 14.3 Å². The van der Waals surface area contributed by atoms with E-state index in [4.69, 9.17) is 1.37 Å². The van der Waals surface area contributed by atoms with Crippen molar-refractivity contribution < 1.29 is 1.37 Å². The van der Waals surface area contributed by atoms with Gasteiger partial charge in [-0.25, -0.2) is 4.98 Å². The highest BCUT2D eigenvalue weighted by molar-refractivity contribution is 4.86. The standard InChI is InChI=1S/C7H11N3/c1-2-4-7-8-6-9-10(7)5-3-1/h6H,1-5H2/i4D. The van der Waals surface area contributed by atoms with Gasteiger partial charge in [-0.15, -0.1) is 0 Å². The molecule has 2 rings (SSSR count). The SMILES string of the molecule is [2H]C1CCCCn2ncnc21. The molecule has 0 saturated heterocycles. The molecule has 1 aliphatic heterocycles. The lowest BCUT2D eigenvalue weighted by molar-refractivity contribution is 0.575. The van der Waals surface area contributed by atoms with Gasteiger partial charge in [0.2, 0.25) is 0 Å². The Balaban J connectivity index is 2.34. The number of aromatic nitrogens is 3. The fourth-order valence-electron chi connectivity index (χ4n) is 1.24. The Morgan fingerprint density at radius 1 is 1.50 bits per heavy atom. The quantitative estimate of drug-likeness (QED) is 0.535. The third kappa shape index (κ3) is 0.916. The highest BCUT2D eigenvalue weighted by Gasteiger charge is 2.06. The Kier molecular flexibility index (Phi) is 1.17. The smallest absolute Gasteiger partial charge is 0.138 e. The second kappa shape index (κ2) is 2.40. The molecule has 3 heteroatoms. The average Bonchev–Trinajstić information content (AvgIpc) is 2.40. The van der Waals surface area contributed by atoms with Crippen molar-refractivity contribution in [2.45, 2.75) is 32.2 Å². The number of aryl methyl sites for hydroxylation is 2. The van der Waals surface area contributed by atoms with E-state index in [9.17, 15) is 0 Å². The van der Waals surface area contributed by atoms with E-state index in [1.807, 2.05) is 4.68 Å². The predicted molar refractivity (Wildman–Crippen MR) is 37.6 cm³/mol. The largest absolute Gasteiger partial charge is 0.250 e. The van der Waals surface area contributed by atoms with Crippen LogP contribution in [0.2, 0.25) is 0 Å². The van der Waals surface area contributed by atoms with Crippen molar-refractivity contribution >= 4 is 0 Å². The number of fused-ring (bicyclic) bond motifs is 1. The van der Waals surface area contributed by atoms with Gasteiger partial charge in [0.25, 0.3) is 0 Å². The number of rotatable bonds is 0. The third-order valence-corrected chi connectivity index (χ3v) is 1.80. The summed E-state index contributed by atoms with van der Waals surface area (Å²) in [6, 6.07) is 0. The molecule has 0 amide bonds. The van der Waals surface area contributed by atoms with Crippen molar-refractivity contribution in [2.24, 2.45) is 0 Å². The Bertz CT molecular complexity index is 246. The van der Waals surface area contributed by atoms with Gasteiger partial charge in [-0.05, 0) is 12.8 Å². The molecule has 3 nitrogen and oxygen atoms in total. The van der Waals surface area contributed by atoms with Crippen LogP contribution in [0, 0.1) is 0 Å². The van der Waals surface area contributed by atoms with Crippen molar-refractivity contribution in [3.05, 3.63) is 12.2 Å². The van der Waals surface area contributed by atoms with E-state index in [2.05, 4.69) is 10.1 Å². The van der Waals surface area contributed by atoms with E-state index < -0.39 is 0 Å². The summed E-state index contributed by atoms with van der Waals surface area (Å²) >= 11 is 0. The van der Waals surface area contributed by atoms with Crippen LogP contribution in [-0.2, 0) is 12.9 Å². The van der Waals surface area contributed by atoms with Crippen LogP contribution in [0.1, 0.15) is 26.5 Å². The third-order valence-electron chi connectivity index (χ3n) is 1.80. The molecule has 1 unspecified atom stereocenters. The molecule has 0 N–H and O–H groups in total. The highest BCUT2D eigenvalue weighted by atomic mass is 15.3. The maximum Gasteiger partial charge on any atom is 0.138 e. The lowest BCUT2D eigenvalue weighted by atomic mass is 10.2. The summed E-state index contributed by atoms with van der Waals surface area (Å²) < 4.78 is 9.54. The summed E-state index contributed by atoms with van der Waals surface area (Å²) in [5.74, 6) is 0.836. The van der Waals surface area contributed by atoms with Crippen LogP contribution < -0.4 is 0 Å². The summed E-state index contributed by atoms with van der Waals surface area (Å²) in [6.07, 6.45) is 4.58. The summed E-state index contributed by atoms with van der Waals surface area (Å²) in [6.45, 7) is 0.935. The number of nitrogens with zero attached hydrogens (tertiary/aromatic N) is 3. The van der Waals surface area contributed by atoms with E-state index in [0.29, 0.717) is 0 Å². The van der Waals surface area contributed by atoms with Crippen molar-refractivity contribution in [2.75, 3.05) is 0 Å². The van der Waals surface area contributed by atoms with Gasteiger partial charge < -0.3 is 0 Å². The minimum Gasteiger partial charge on any atom is -0.250 e. The maximum atomic E-state index is 7.69. The van der Waals surface area contributed by atoms with E-state index in [1.54, 1.807) is 6.33 Å². The Morgan fingerprint density at radius 2 is 2.50 bits per heavy atom. The first-order chi connectivity index (χ1) is 5.38. The number of hydrogen-bond donors (Lipinski definition) is 0. The topological polar surface area (TPSA) is 30.7 Å². The second-order valence-electron chi connectivity index (χ2n) is 2.54. The zero-order chi connectivity index (χ0) is 7.68. The molecule has 0 radical (unpaired) electrons. The van der Waals surface area contributed by atoms with E-state index >= 15 is 0 Å². The van der Waals surface area contributed by atoms with Gasteiger partial charge in [-0.2, -0.15) is 5.10 Å². The first-order valence-corrected chi connectivity index (χ1v) is 3.68. The molecule has 2 heterocycles. The van der Waals surface area contributed by atoms with Crippen LogP contribution in [-0.4, -0.2) is 14.8 Å². The van der Waals surface area contributed by atoms with Gasteiger partial charge in [0.05, 0.1) is 0 Å². The molecule has 0 aromatic carbocycles. The highest BCUT2D eigenvalue weighted by Crippen LogP contribution is 2.09. The lowest BCUT2D eigenvalue weighted by Gasteiger charge is -1.96. The fourth-order valence-corrected chi connectivity index (χ4v) is 1.24. The van der Waals surface area contributed by atoms with Gasteiger partial charge in [-0.1, -0.05) is 6.42 Å². The Labute approximate surface area is 61.5 Å². The van der Waals surface area contributed by atoms with Crippen LogP contribution in [0.5, 0.6) is 0 Å². The first-order valence-electron chi connectivity index (χ1n) is 4.25. The summed E-state index contributed by atoms with van der Waals surface area (Å²) in [5, 5.41) is 4.05. The molecule has 0 spiro atoms. The van der Waals surface area contributed by atoms with E-state index in [0.717, 1.165) is 31.6 Å². The predicted octanol–water partition coefficient (Wildman–Crippen LogP) is 1.00. The van der Waals surface area contributed by atoms with Gasteiger partial charge in [0.15, 0.2) is 0 Å². The maximum absolute atomic E-state index is 7.69. The summed E-state index contributed by atoms with van der Waals surface area (Å²) in [4.78, 5) is 4.06. The van der Waals surface area contributed by atoms with Crippen molar-refractivity contribution in [1.29, 1.82) is 0 Å². The molecular formula is C7H11N3. The molecule has 54 valence electrons. The summed E-state index contributed by atoms with van der Waals surface area (Å²) in [5.41, 5.74) is 0. The lowest BCUT2D eigenvalue weighted by Crippen LogP contribution is -2.01. The van der Waals surface area contributed by atoms with Gasteiger partial charge in [0.1, 0.15) is 12.2 Å². The molecule has 0 fully saturated rings. The minimum atomic E-state index is -0.153. The monoisotopic (exact) mass is 138 g/mol. The number of hydrogen-bond acceptors (Lipinski definition) is 2. The second-order valence-corrected chi connectivity index (χ2v) is 2.54. The minimum absolute atomic E-state index is 0.153. The van der Waals surface area contributed by atoms with Gasteiger partial charge >= 0.3 is 0 Å². The van der Waals surface area contributed by atoms with Crippen LogP contribution >= 0.6 is 0 Å². The van der Waals surface area contributed by atoms with Crippen LogP contribution in [0.15, 0.2) is 6.33 Å². The summed E-state index contributed by atoms with van der Waals surface area (Å²) in [7, 11) is 0. The van der Waals surface area contributed by atoms with Crippen molar-refractivity contribution in [1.82, 2.24) is 14.8 Å². The molecule has 0 aliphatic carbocycles. The van der Waals surface area contributed by atoms with Crippen molar-refractivity contribution in [3.63, 3.8) is 0 Å². The fraction of sp³-hybridized carbons (Fsp3) is 0.714. The van der Waals surface area contributed by atoms with Crippen LogP contribution in [0.4, 0.5) is 0 Å². The molecule has 1 aliphatic rings. The Morgan fingerprint density at radius 3 is 3.50 bits per heavy atom. The zero-order valence-corrected chi connectivity index (χ0v) is 5.82. The molecule has 1 atom stereocenters. The molecular weight excluding hydrogens is 126 g/mol. The molecule has 0 bridgehead atoms. The van der Waals surface area contributed by atoms with Crippen LogP contribution in [0.25, 0.3) is 0 Å².